The highest BCUT2D eigenvalue weighted by Gasteiger charge is 2.47. The van der Waals surface area contributed by atoms with Gasteiger partial charge in [0.05, 0.1) is 25.9 Å². The lowest BCUT2D eigenvalue weighted by Crippen LogP contribution is -2.62. The summed E-state index contributed by atoms with van der Waals surface area (Å²) in [7, 11) is 1.25. The molecule has 2 aliphatic rings. The number of carbonyl (C=O) groups excluding carboxylic acids is 8. The fraction of sp³-hybridized carbons (Fsp3) is 0.814. The van der Waals surface area contributed by atoms with Crippen LogP contribution in [0.2, 0.25) is 0 Å². The number of alkyl carbamates (subject to hydrolysis) is 1. The van der Waals surface area contributed by atoms with Crippen molar-refractivity contribution in [2.24, 2.45) is 11.8 Å². The van der Waals surface area contributed by atoms with Crippen molar-refractivity contribution in [3.8, 4) is 0 Å². The molecule has 2 heterocycles. The standard InChI is InChI=1S/C43H75N7O12/c1-15-26(4)33(38(56)49-22-18-20-30(49)39(57)59-14)48-35(53)29(23-60-41(6,7)8)46-34(52)28(19-16-17-21-44-40(58)62-42(9,10)11)45-37(55)32(25(2)3)47-36(54)31-24-61-43(12,13)50(31)27(5)51/h25-26,28-33H,15-24H2,1-14H3,(H,44,58)(H,45,55)(H,46,52)(H,47,54)(H,48,53)/t26-,28+,29+,30-,31-,32-,33-/m0/s1. The SMILES string of the molecule is CC[C@H](C)[C@H](NC(=O)[C@@H](COC(C)(C)C)NC(=O)[C@@H](CCCCNC(=O)OC(C)(C)C)NC(=O)[C@@H](NC(=O)[C@@H]1COC(C)(C)N1C(C)=O)C(C)C)C(=O)N1CCC[C@H]1C(=O)OC. The van der Waals surface area contributed by atoms with Gasteiger partial charge < -0.3 is 55.3 Å². The zero-order chi connectivity index (χ0) is 47.3. The molecule has 2 fully saturated rings. The van der Waals surface area contributed by atoms with Crippen molar-refractivity contribution < 1.29 is 57.3 Å². The minimum Gasteiger partial charge on any atom is -0.467 e. The van der Waals surface area contributed by atoms with Gasteiger partial charge in [-0.3, -0.25) is 28.8 Å². The van der Waals surface area contributed by atoms with Crippen LogP contribution < -0.4 is 26.6 Å². The van der Waals surface area contributed by atoms with Gasteiger partial charge in [-0.1, -0.05) is 34.1 Å². The van der Waals surface area contributed by atoms with Crippen molar-refractivity contribution in [3.63, 3.8) is 0 Å². The highest BCUT2D eigenvalue weighted by Crippen LogP contribution is 2.28. The fourth-order valence-corrected chi connectivity index (χ4v) is 7.20. The average molecular weight is 882 g/mol. The molecule has 19 heteroatoms. The Balaban J connectivity index is 2.41. The van der Waals surface area contributed by atoms with Crippen LogP contribution in [0.1, 0.15) is 129 Å². The fourth-order valence-electron chi connectivity index (χ4n) is 7.20. The lowest BCUT2D eigenvalue weighted by Gasteiger charge is -2.33. The highest BCUT2D eigenvalue weighted by atomic mass is 16.6. The summed E-state index contributed by atoms with van der Waals surface area (Å²) >= 11 is 0. The summed E-state index contributed by atoms with van der Waals surface area (Å²) in [6.07, 6.45) is 1.68. The molecule has 0 spiro atoms. The third-order valence-electron chi connectivity index (χ3n) is 10.7. The van der Waals surface area contributed by atoms with Gasteiger partial charge in [0.15, 0.2) is 0 Å². The van der Waals surface area contributed by atoms with Gasteiger partial charge in [0.2, 0.25) is 35.4 Å². The molecule has 354 valence electrons. The summed E-state index contributed by atoms with van der Waals surface area (Å²) in [4.78, 5) is 110. The van der Waals surface area contributed by atoms with Crippen molar-refractivity contribution in [1.29, 1.82) is 0 Å². The second kappa shape index (κ2) is 23.2. The van der Waals surface area contributed by atoms with Crippen LogP contribution in [0.5, 0.6) is 0 Å². The predicted molar refractivity (Wildman–Crippen MR) is 229 cm³/mol. The second-order valence-corrected chi connectivity index (χ2v) is 18.9. The Kier molecular flexibility index (Phi) is 20.1. The van der Waals surface area contributed by atoms with Crippen LogP contribution >= 0.6 is 0 Å². The third-order valence-corrected chi connectivity index (χ3v) is 10.7. The largest absolute Gasteiger partial charge is 0.467 e. The molecule has 0 unspecified atom stereocenters. The monoisotopic (exact) mass is 882 g/mol. The van der Waals surface area contributed by atoms with Crippen LogP contribution in [-0.2, 0) is 52.5 Å². The maximum Gasteiger partial charge on any atom is 0.407 e. The minimum absolute atomic E-state index is 0.0570. The third kappa shape index (κ3) is 16.3. The van der Waals surface area contributed by atoms with E-state index in [1.165, 1.54) is 23.8 Å². The van der Waals surface area contributed by atoms with Gasteiger partial charge in [-0.25, -0.2) is 9.59 Å². The van der Waals surface area contributed by atoms with E-state index in [2.05, 4.69) is 26.6 Å². The molecule has 0 aliphatic carbocycles. The molecule has 0 aromatic heterocycles. The molecule has 7 atom stereocenters. The Hall–Kier alpha value is -4.52. The first-order valence-electron chi connectivity index (χ1n) is 21.8. The molecule has 5 N–H and O–H groups in total. The molecule has 2 saturated heterocycles. The van der Waals surface area contributed by atoms with Crippen LogP contribution in [0, 0.1) is 11.8 Å². The molecule has 0 bridgehead atoms. The lowest BCUT2D eigenvalue weighted by molar-refractivity contribution is -0.152. The van der Waals surface area contributed by atoms with Gasteiger partial charge in [0.1, 0.15) is 47.6 Å². The number of hydrogen-bond acceptors (Lipinski definition) is 12. The van der Waals surface area contributed by atoms with E-state index >= 15 is 0 Å². The molecule has 2 rings (SSSR count). The van der Waals surface area contributed by atoms with E-state index < -0.39 is 101 Å². The Morgan fingerprint density at radius 1 is 0.806 bits per heavy atom. The van der Waals surface area contributed by atoms with Crippen LogP contribution in [0.3, 0.4) is 0 Å². The molecule has 0 saturated carbocycles. The Morgan fingerprint density at radius 2 is 1.42 bits per heavy atom. The van der Waals surface area contributed by atoms with E-state index in [0.29, 0.717) is 38.6 Å². The molecule has 62 heavy (non-hydrogen) atoms. The first kappa shape index (κ1) is 53.6. The minimum atomic E-state index is -1.34. The highest BCUT2D eigenvalue weighted by molar-refractivity contribution is 5.97. The van der Waals surface area contributed by atoms with E-state index in [1.54, 1.807) is 76.2 Å². The molecule has 19 nitrogen and oxygen atoms in total. The first-order chi connectivity index (χ1) is 28.6. The number of amides is 7. The van der Waals surface area contributed by atoms with Gasteiger partial charge in [-0.15, -0.1) is 0 Å². The number of methoxy groups -OCH3 is 1. The number of hydrogen-bond donors (Lipinski definition) is 5. The normalized spacial score (nSPS) is 20.0. The Bertz CT molecular complexity index is 1590. The predicted octanol–water partition coefficient (Wildman–Crippen LogP) is 2.29. The summed E-state index contributed by atoms with van der Waals surface area (Å²) in [5.74, 6) is -4.96. The Morgan fingerprint density at radius 3 is 1.97 bits per heavy atom. The smallest absolute Gasteiger partial charge is 0.407 e. The zero-order valence-electron chi connectivity index (χ0n) is 39.5. The van der Waals surface area contributed by atoms with Gasteiger partial charge in [0, 0.05) is 20.0 Å². The number of likely N-dealkylation sites (tertiary alicyclic amines) is 1. The van der Waals surface area contributed by atoms with Gasteiger partial charge in [-0.2, -0.15) is 0 Å². The number of carbonyl (C=O) groups is 8. The molecule has 0 radical (unpaired) electrons. The topological polar surface area (TPSA) is 240 Å². The van der Waals surface area contributed by atoms with E-state index in [0.717, 1.165) is 0 Å². The molecular weight excluding hydrogens is 807 g/mol. The number of rotatable bonds is 20. The lowest BCUT2D eigenvalue weighted by atomic mass is 9.97. The van der Waals surface area contributed by atoms with Crippen molar-refractivity contribution in [3.05, 3.63) is 0 Å². The van der Waals surface area contributed by atoms with Crippen molar-refractivity contribution in [2.75, 3.05) is 33.4 Å². The summed E-state index contributed by atoms with van der Waals surface area (Å²) in [5, 5.41) is 13.8. The van der Waals surface area contributed by atoms with Crippen LogP contribution in [0.25, 0.3) is 0 Å². The number of unbranched alkanes of at least 4 members (excludes halogenated alkanes) is 1. The Labute approximate surface area is 367 Å². The number of esters is 1. The van der Waals surface area contributed by atoms with Gasteiger partial charge in [0.25, 0.3) is 0 Å². The van der Waals surface area contributed by atoms with Crippen LogP contribution in [-0.4, -0.2) is 144 Å². The van der Waals surface area contributed by atoms with Gasteiger partial charge >= 0.3 is 12.1 Å². The summed E-state index contributed by atoms with van der Waals surface area (Å²) < 4.78 is 21.9. The first-order valence-corrected chi connectivity index (χ1v) is 21.8. The van der Waals surface area contributed by atoms with E-state index in [9.17, 15) is 38.4 Å². The quantitative estimate of drug-likeness (QED) is 0.0875. The molecule has 2 aliphatic heterocycles. The molecule has 0 aromatic rings. The maximum atomic E-state index is 14.3. The molecule has 0 aromatic carbocycles. The summed E-state index contributed by atoms with van der Waals surface area (Å²) in [6.45, 7) is 22.4. The van der Waals surface area contributed by atoms with Gasteiger partial charge in [-0.05, 0) is 99.3 Å². The summed E-state index contributed by atoms with van der Waals surface area (Å²) in [5.41, 5.74) is -2.49. The molecular formula is C43H75N7O12. The van der Waals surface area contributed by atoms with Crippen molar-refractivity contribution >= 4 is 47.5 Å². The average Bonchev–Trinajstić information content (AvgIpc) is 3.78. The summed E-state index contributed by atoms with van der Waals surface area (Å²) in [6, 6.07) is -6.57. The van der Waals surface area contributed by atoms with Crippen LogP contribution in [0.4, 0.5) is 4.79 Å². The van der Waals surface area contributed by atoms with Crippen molar-refractivity contribution in [1.82, 2.24) is 36.4 Å². The number of nitrogens with one attached hydrogen (secondary N) is 5. The van der Waals surface area contributed by atoms with Crippen LogP contribution in [0.15, 0.2) is 0 Å². The second-order valence-electron chi connectivity index (χ2n) is 18.9. The maximum absolute atomic E-state index is 14.3. The van der Waals surface area contributed by atoms with E-state index in [-0.39, 0.29) is 38.0 Å². The van der Waals surface area contributed by atoms with E-state index in [1.807, 2.05) is 6.92 Å². The number of ether oxygens (including phenoxy) is 4. The number of nitrogens with zero attached hydrogens (tertiary/aromatic N) is 2. The zero-order valence-corrected chi connectivity index (χ0v) is 39.5. The molecule has 7 amide bonds. The van der Waals surface area contributed by atoms with E-state index in [4.69, 9.17) is 18.9 Å². The van der Waals surface area contributed by atoms with Crippen molar-refractivity contribution in [2.45, 2.75) is 182 Å².